The van der Waals surface area contributed by atoms with Gasteiger partial charge in [-0.25, -0.2) is 4.79 Å². The minimum Gasteiger partial charge on any atom is -0.481 e. The van der Waals surface area contributed by atoms with Gasteiger partial charge in [0, 0.05) is 13.1 Å². The van der Waals surface area contributed by atoms with Gasteiger partial charge in [0.2, 0.25) is 0 Å². The van der Waals surface area contributed by atoms with Crippen molar-refractivity contribution in [2.75, 3.05) is 12.4 Å². The predicted molar refractivity (Wildman–Crippen MR) is 65.4 cm³/mol. The summed E-state index contributed by atoms with van der Waals surface area (Å²) in [5.74, 6) is -0.923. The van der Waals surface area contributed by atoms with Crippen LogP contribution in [0.4, 0.5) is 10.5 Å². The van der Waals surface area contributed by atoms with Crippen molar-refractivity contribution in [1.82, 2.24) is 9.88 Å². The first-order valence-corrected chi connectivity index (χ1v) is 5.77. The number of rotatable bonds is 4. The lowest BCUT2D eigenvalue weighted by molar-refractivity contribution is -0.136. The summed E-state index contributed by atoms with van der Waals surface area (Å²) < 4.78 is 0. The van der Waals surface area contributed by atoms with E-state index in [1.807, 2.05) is 0 Å². The van der Waals surface area contributed by atoms with Gasteiger partial charge in [-0.3, -0.25) is 9.78 Å². The molecule has 0 aromatic carbocycles. The van der Waals surface area contributed by atoms with Gasteiger partial charge in [0.25, 0.3) is 0 Å². The maximum atomic E-state index is 11.7. The summed E-state index contributed by atoms with van der Waals surface area (Å²) >= 11 is 0. The van der Waals surface area contributed by atoms with Gasteiger partial charge in [0.05, 0.1) is 24.0 Å². The van der Waals surface area contributed by atoms with Crippen molar-refractivity contribution in [2.24, 2.45) is 0 Å². The van der Waals surface area contributed by atoms with Gasteiger partial charge < -0.3 is 15.3 Å². The molecule has 1 saturated carbocycles. The molecule has 1 aromatic rings. The Balaban J connectivity index is 1.93. The van der Waals surface area contributed by atoms with E-state index in [4.69, 9.17) is 5.11 Å². The van der Waals surface area contributed by atoms with Crippen LogP contribution in [-0.2, 0) is 11.2 Å². The SMILES string of the molecule is CN(C(=O)Nc1ccc(CC(=O)O)nc1)C1CC1. The number of hydrogen-bond acceptors (Lipinski definition) is 3. The molecule has 1 aromatic heterocycles. The van der Waals surface area contributed by atoms with Gasteiger partial charge in [-0.2, -0.15) is 0 Å². The number of carbonyl (C=O) groups is 2. The summed E-state index contributed by atoms with van der Waals surface area (Å²) in [6.07, 6.45) is 3.46. The molecule has 0 bridgehead atoms. The van der Waals surface area contributed by atoms with E-state index in [0.717, 1.165) is 12.8 Å². The van der Waals surface area contributed by atoms with Crippen LogP contribution in [0.2, 0.25) is 0 Å². The Labute approximate surface area is 105 Å². The van der Waals surface area contributed by atoms with Gasteiger partial charge in [-0.05, 0) is 25.0 Å². The third kappa shape index (κ3) is 3.19. The van der Waals surface area contributed by atoms with Crippen molar-refractivity contribution in [2.45, 2.75) is 25.3 Å². The van der Waals surface area contributed by atoms with Crippen LogP contribution < -0.4 is 5.32 Å². The van der Waals surface area contributed by atoms with Crippen LogP contribution >= 0.6 is 0 Å². The first-order chi connectivity index (χ1) is 8.56. The lowest BCUT2D eigenvalue weighted by Crippen LogP contribution is -2.33. The molecule has 0 aliphatic heterocycles. The second-order valence-electron chi connectivity index (χ2n) is 4.38. The van der Waals surface area contributed by atoms with Crippen molar-refractivity contribution >= 4 is 17.7 Å². The van der Waals surface area contributed by atoms with E-state index in [9.17, 15) is 9.59 Å². The average molecular weight is 249 g/mol. The zero-order valence-corrected chi connectivity index (χ0v) is 10.1. The molecule has 0 radical (unpaired) electrons. The van der Waals surface area contributed by atoms with Gasteiger partial charge in [0.15, 0.2) is 0 Å². The Hall–Kier alpha value is -2.11. The van der Waals surface area contributed by atoms with Gasteiger partial charge in [0.1, 0.15) is 0 Å². The molecule has 1 aliphatic carbocycles. The topological polar surface area (TPSA) is 82.5 Å². The smallest absolute Gasteiger partial charge is 0.321 e. The number of nitrogens with zero attached hydrogens (tertiary/aromatic N) is 2. The molecule has 0 saturated heterocycles. The first kappa shape index (κ1) is 12.3. The molecular weight excluding hydrogens is 234 g/mol. The van der Waals surface area contributed by atoms with Crippen molar-refractivity contribution in [3.63, 3.8) is 0 Å². The fourth-order valence-corrected chi connectivity index (χ4v) is 1.60. The normalized spacial score (nSPS) is 14.1. The van der Waals surface area contributed by atoms with Gasteiger partial charge >= 0.3 is 12.0 Å². The number of aromatic nitrogens is 1. The number of carbonyl (C=O) groups excluding carboxylic acids is 1. The molecule has 18 heavy (non-hydrogen) atoms. The molecule has 96 valence electrons. The highest BCUT2D eigenvalue weighted by atomic mass is 16.4. The quantitative estimate of drug-likeness (QED) is 0.843. The summed E-state index contributed by atoms with van der Waals surface area (Å²) in [5.41, 5.74) is 1.04. The highest BCUT2D eigenvalue weighted by Crippen LogP contribution is 2.25. The fraction of sp³-hybridized carbons (Fsp3) is 0.417. The van der Waals surface area contributed by atoms with Crippen molar-refractivity contribution in [1.29, 1.82) is 0 Å². The van der Waals surface area contributed by atoms with E-state index >= 15 is 0 Å². The Morgan fingerprint density at radius 1 is 1.50 bits per heavy atom. The highest BCUT2D eigenvalue weighted by molar-refractivity contribution is 5.89. The maximum Gasteiger partial charge on any atom is 0.321 e. The van der Waals surface area contributed by atoms with Crippen LogP contribution in [0.5, 0.6) is 0 Å². The van der Waals surface area contributed by atoms with Crippen molar-refractivity contribution in [3.8, 4) is 0 Å². The fourth-order valence-electron chi connectivity index (χ4n) is 1.60. The second kappa shape index (κ2) is 5.03. The molecule has 2 N–H and O–H groups in total. The Bertz CT molecular complexity index is 454. The average Bonchev–Trinajstić information content (AvgIpc) is 3.14. The zero-order valence-electron chi connectivity index (χ0n) is 10.1. The zero-order chi connectivity index (χ0) is 13.1. The minimum atomic E-state index is -0.923. The summed E-state index contributed by atoms with van der Waals surface area (Å²) in [7, 11) is 1.76. The predicted octanol–water partition coefficient (Wildman–Crippen LogP) is 1.33. The number of carboxylic acid groups (broad SMARTS) is 1. The highest BCUT2D eigenvalue weighted by Gasteiger charge is 2.29. The molecule has 2 rings (SSSR count). The molecule has 0 spiro atoms. The number of pyridine rings is 1. The van der Waals surface area contributed by atoms with Crippen LogP contribution in [-0.4, -0.2) is 40.1 Å². The Morgan fingerprint density at radius 2 is 2.22 bits per heavy atom. The molecule has 1 heterocycles. The lowest BCUT2D eigenvalue weighted by atomic mass is 10.2. The maximum absolute atomic E-state index is 11.7. The molecule has 1 aliphatic rings. The number of amides is 2. The Morgan fingerprint density at radius 3 is 2.72 bits per heavy atom. The van der Waals surface area contributed by atoms with Crippen LogP contribution in [0.3, 0.4) is 0 Å². The number of anilines is 1. The number of aliphatic carboxylic acids is 1. The van der Waals surface area contributed by atoms with Crippen molar-refractivity contribution in [3.05, 3.63) is 24.0 Å². The summed E-state index contributed by atoms with van der Waals surface area (Å²) in [6.45, 7) is 0. The van der Waals surface area contributed by atoms with E-state index < -0.39 is 5.97 Å². The third-order valence-electron chi connectivity index (χ3n) is 2.82. The van der Waals surface area contributed by atoms with Crippen LogP contribution in [0.15, 0.2) is 18.3 Å². The summed E-state index contributed by atoms with van der Waals surface area (Å²) in [5, 5.41) is 11.3. The summed E-state index contributed by atoms with van der Waals surface area (Å²) in [4.78, 5) is 27.9. The van der Waals surface area contributed by atoms with Crippen LogP contribution in [0.1, 0.15) is 18.5 Å². The largest absolute Gasteiger partial charge is 0.481 e. The van der Waals surface area contributed by atoms with Crippen LogP contribution in [0, 0.1) is 0 Å². The van der Waals surface area contributed by atoms with E-state index in [1.165, 1.54) is 6.20 Å². The molecule has 0 atom stereocenters. The number of hydrogen-bond donors (Lipinski definition) is 2. The van der Waals surface area contributed by atoms with E-state index in [2.05, 4.69) is 10.3 Å². The minimum absolute atomic E-state index is 0.115. The van der Waals surface area contributed by atoms with Gasteiger partial charge in [-0.15, -0.1) is 0 Å². The molecular formula is C12H15N3O3. The second-order valence-corrected chi connectivity index (χ2v) is 4.38. The van der Waals surface area contributed by atoms with Crippen molar-refractivity contribution < 1.29 is 14.7 Å². The standard InChI is InChI=1S/C12H15N3O3/c1-15(10-4-5-10)12(18)14-9-3-2-8(13-7-9)6-11(16)17/h2-3,7,10H,4-6H2,1H3,(H,14,18)(H,16,17). The molecule has 1 fully saturated rings. The lowest BCUT2D eigenvalue weighted by Gasteiger charge is -2.16. The van der Waals surface area contributed by atoms with Gasteiger partial charge in [-0.1, -0.05) is 0 Å². The number of nitrogens with one attached hydrogen (secondary N) is 1. The number of urea groups is 1. The summed E-state index contributed by atoms with van der Waals surface area (Å²) in [6, 6.07) is 3.44. The van der Waals surface area contributed by atoms with Crippen LogP contribution in [0.25, 0.3) is 0 Å². The number of carboxylic acids is 1. The Kier molecular flexibility index (Phi) is 3.45. The molecule has 6 nitrogen and oxygen atoms in total. The molecule has 0 unspecified atom stereocenters. The first-order valence-electron chi connectivity index (χ1n) is 5.77. The van der Waals surface area contributed by atoms with E-state index in [0.29, 0.717) is 17.4 Å². The molecule has 2 amide bonds. The van der Waals surface area contributed by atoms with E-state index in [1.54, 1.807) is 24.1 Å². The van der Waals surface area contributed by atoms with E-state index in [-0.39, 0.29) is 12.5 Å². The molecule has 6 heteroatoms. The monoisotopic (exact) mass is 249 g/mol. The third-order valence-corrected chi connectivity index (χ3v) is 2.82.